The molecule has 0 fully saturated rings. The van der Waals surface area contributed by atoms with E-state index in [9.17, 15) is 4.79 Å². The summed E-state index contributed by atoms with van der Waals surface area (Å²) in [5.41, 5.74) is 0.434. The van der Waals surface area contributed by atoms with Gasteiger partial charge in [-0.1, -0.05) is 37.3 Å². The normalized spacial score (nSPS) is 13.5. The highest BCUT2D eigenvalue weighted by molar-refractivity contribution is 5.99. The Labute approximate surface area is 97.6 Å². The highest BCUT2D eigenvalue weighted by atomic mass is 16.5. The van der Waals surface area contributed by atoms with Gasteiger partial charge in [-0.05, 0) is 27.2 Å². The van der Waals surface area contributed by atoms with Crippen LogP contribution in [-0.2, 0) is 4.74 Å². The lowest BCUT2D eigenvalue weighted by atomic mass is 10.0. The van der Waals surface area contributed by atoms with Gasteiger partial charge in [0.25, 0.3) is 0 Å². The van der Waals surface area contributed by atoms with Gasteiger partial charge in [0, 0.05) is 5.56 Å². The summed E-state index contributed by atoms with van der Waals surface area (Å²) in [6.07, 6.45) is 0.354. The maximum Gasteiger partial charge on any atom is 0.191 e. The summed E-state index contributed by atoms with van der Waals surface area (Å²) in [4.78, 5) is 12.1. The molecule has 2 nitrogen and oxygen atoms in total. The Balaban J connectivity index is 2.78. The minimum atomic E-state index is -0.345. The fourth-order valence-electron chi connectivity index (χ4n) is 1.54. The van der Waals surface area contributed by atoms with Crippen molar-refractivity contribution < 1.29 is 9.53 Å². The van der Waals surface area contributed by atoms with Crippen molar-refractivity contribution in [1.82, 2.24) is 0 Å². The predicted molar refractivity (Wildman–Crippen MR) is 65.7 cm³/mol. The second kappa shape index (κ2) is 5.26. The van der Waals surface area contributed by atoms with E-state index in [1.165, 1.54) is 0 Å². The minimum Gasteiger partial charge on any atom is -0.364 e. The number of Topliss-reactive ketones (excluding diaryl/α,β-unsaturated/α-hetero) is 1. The Morgan fingerprint density at radius 1 is 1.25 bits per heavy atom. The molecule has 1 atom stereocenters. The molecular formula is C14H20O2. The molecule has 0 saturated heterocycles. The standard InChI is InChI=1S/C14H20O2/c1-5-12(16-14(2,3)4)13(15)11-9-7-6-8-10-11/h6-10,12H,5H2,1-4H3. The summed E-state index contributed by atoms with van der Waals surface area (Å²) in [7, 11) is 0. The number of carbonyl (C=O) groups is 1. The molecule has 0 N–H and O–H groups in total. The zero-order valence-electron chi connectivity index (χ0n) is 10.5. The molecule has 0 heterocycles. The van der Waals surface area contributed by atoms with Gasteiger partial charge in [0.2, 0.25) is 0 Å². The number of carbonyl (C=O) groups excluding carboxylic acids is 1. The fraction of sp³-hybridized carbons (Fsp3) is 0.500. The van der Waals surface area contributed by atoms with Crippen molar-refractivity contribution in [2.24, 2.45) is 0 Å². The second-order valence-corrected chi connectivity index (χ2v) is 4.86. The average molecular weight is 220 g/mol. The van der Waals surface area contributed by atoms with Crippen LogP contribution in [0.2, 0.25) is 0 Å². The molecule has 1 unspecified atom stereocenters. The van der Waals surface area contributed by atoms with Crippen molar-refractivity contribution in [3.63, 3.8) is 0 Å². The Bertz CT molecular complexity index is 336. The van der Waals surface area contributed by atoms with Crippen LogP contribution in [0.3, 0.4) is 0 Å². The molecule has 88 valence electrons. The van der Waals surface area contributed by atoms with Crippen LogP contribution < -0.4 is 0 Å². The average Bonchev–Trinajstić information content (AvgIpc) is 2.25. The maximum absolute atomic E-state index is 12.1. The van der Waals surface area contributed by atoms with Crippen LogP contribution in [0.1, 0.15) is 44.5 Å². The van der Waals surface area contributed by atoms with Gasteiger partial charge >= 0.3 is 0 Å². The predicted octanol–water partition coefficient (Wildman–Crippen LogP) is 3.46. The molecule has 0 aliphatic carbocycles. The summed E-state index contributed by atoms with van der Waals surface area (Å²) in [6.45, 7) is 7.87. The first-order chi connectivity index (χ1) is 7.44. The topological polar surface area (TPSA) is 26.3 Å². The Morgan fingerprint density at radius 3 is 2.25 bits per heavy atom. The lowest BCUT2D eigenvalue weighted by molar-refractivity contribution is -0.0466. The van der Waals surface area contributed by atoms with E-state index in [4.69, 9.17) is 4.74 Å². The van der Waals surface area contributed by atoms with E-state index in [1.807, 2.05) is 58.0 Å². The van der Waals surface area contributed by atoms with Gasteiger partial charge in [0.1, 0.15) is 6.10 Å². The molecule has 2 heteroatoms. The third kappa shape index (κ3) is 3.78. The van der Waals surface area contributed by atoms with Gasteiger partial charge in [-0.2, -0.15) is 0 Å². The monoisotopic (exact) mass is 220 g/mol. The number of hydrogen-bond donors (Lipinski definition) is 0. The highest BCUT2D eigenvalue weighted by Crippen LogP contribution is 2.16. The molecule has 0 amide bonds. The van der Waals surface area contributed by atoms with Gasteiger partial charge in [-0.25, -0.2) is 0 Å². The van der Waals surface area contributed by atoms with E-state index in [2.05, 4.69) is 0 Å². The first kappa shape index (κ1) is 12.9. The first-order valence-electron chi connectivity index (χ1n) is 5.71. The minimum absolute atomic E-state index is 0.0676. The van der Waals surface area contributed by atoms with E-state index in [0.717, 1.165) is 5.56 Å². The number of rotatable bonds is 4. The van der Waals surface area contributed by atoms with E-state index in [-0.39, 0.29) is 17.5 Å². The van der Waals surface area contributed by atoms with Crippen molar-refractivity contribution in [2.75, 3.05) is 0 Å². The summed E-state index contributed by atoms with van der Waals surface area (Å²) in [5, 5.41) is 0. The quantitative estimate of drug-likeness (QED) is 0.726. The van der Waals surface area contributed by atoms with E-state index < -0.39 is 0 Å². The van der Waals surface area contributed by atoms with Crippen LogP contribution in [0.15, 0.2) is 30.3 Å². The van der Waals surface area contributed by atoms with Crippen LogP contribution in [0.4, 0.5) is 0 Å². The van der Waals surface area contributed by atoms with Crippen LogP contribution in [0.25, 0.3) is 0 Å². The zero-order chi connectivity index (χ0) is 12.2. The van der Waals surface area contributed by atoms with Crippen molar-refractivity contribution in [1.29, 1.82) is 0 Å². The van der Waals surface area contributed by atoms with Crippen LogP contribution in [0.5, 0.6) is 0 Å². The van der Waals surface area contributed by atoms with Crippen LogP contribution in [-0.4, -0.2) is 17.5 Å². The van der Waals surface area contributed by atoms with Gasteiger partial charge < -0.3 is 4.74 Å². The Kier molecular flexibility index (Phi) is 4.25. The Hall–Kier alpha value is -1.15. The molecule has 1 rings (SSSR count). The van der Waals surface area contributed by atoms with Gasteiger partial charge in [0.05, 0.1) is 5.60 Å². The smallest absolute Gasteiger partial charge is 0.191 e. The second-order valence-electron chi connectivity index (χ2n) is 4.86. The number of hydrogen-bond acceptors (Lipinski definition) is 2. The third-order valence-electron chi connectivity index (χ3n) is 2.22. The highest BCUT2D eigenvalue weighted by Gasteiger charge is 2.24. The maximum atomic E-state index is 12.1. The summed E-state index contributed by atoms with van der Waals surface area (Å²) in [6, 6.07) is 9.31. The zero-order valence-corrected chi connectivity index (χ0v) is 10.5. The van der Waals surface area contributed by atoms with Crippen molar-refractivity contribution >= 4 is 5.78 Å². The summed E-state index contributed by atoms with van der Waals surface area (Å²) < 4.78 is 5.75. The first-order valence-corrected chi connectivity index (χ1v) is 5.71. The number of benzene rings is 1. The molecule has 16 heavy (non-hydrogen) atoms. The SMILES string of the molecule is CCC(OC(C)(C)C)C(=O)c1ccccc1. The Morgan fingerprint density at radius 2 is 1.81 bits per heavy atom. The molecule has 0 aromatic heterocycles. The van der Waals surface area contributed by atoms with E-state index >= 15 is 0 Å². The molecule has 0 spiro atoms. The summed E-state index contributed by atoms with van der Waals surface area (Å²) in [5.74, 6) is 0.0676. The van der Waals surface area contributed by atoms with E-state index in [1.54, 1.807) is 0 Å². The molecular weight excluding hydrogens is 200 g/mol. The van der Waals surface area contributed by atoms with Crippen molar-refractivity contribution in [3.8, 4) is 0 Å². The number of ketones is 1. The van der Waals surface area contributed by atoms with Crippen molar-refractivity contribution in [3.05, 3.63) is 35.9 Å². The lowest BCUT2D eigenvalue weighted by Crippen LogP contribution is -2.32. The molecule has 0 aliphatic rings. The molecule has 0 aliphatic heterocycles. The van der Waals surface area contributed by atoms with Crippen LogP contribution >= 0.6 is 0 Å². The van der Waals surface area contributed by atoms with Gasteiger partial charge in [0.15, 0.2) is 5.78 Å². The molecule has 1 aromatic carbocycles. The molecule has 1 aromatic rings. The number of ether oxygens (including phenoxy) is 1. The fourth-order valence-corrected chi connectivity index (χ4v) is 1.54. The summed E-state index contributed by atoms with van der Waals surface area (Å²) >= 11 is 0. The van der Waals surface area contributed by atoms with E-state index in [0.29, 0.717) is 6.42 Å². The molecule has 0 saturated carbocycles. The lowest BCUT2D eigenvalue weighted by Gasteiger charge is -2.26. The largest absolute Gasteiger partial charge is 0.364 e. The third-order valence-corrected chi connectivity index (χ3v) is 2.22. The van der Waals surface area contributed by atoms with Crippen LogP contribution in [0, 0.1) is 0 Å². The molecule has 0 radical (unpaired) electrons. The van der Waals surface area contributed by atoms with Gasteiger partial charge in [-0.15, -0.1) is 0 Å². The van der Waals surface area contributed by atoms with Gasteiger partial charge in [-0.3, -0.25) is 4.79 Å². The van der Waals surface area contributed by atoms with Crippen molar-refractivity contribution in [2.45, 2.75) is 45.8 Å². The molecule has 0 bridgehead atoms.